The molecule has 0 fully saturated rings. The first-order valence-electron chi connectivity index (χ1n) is 10.9. The molecule has 3 aromatic rings. The number of furan rings is 1. The number of hydrogen-bond donors (Lipinski definition) is 3. The molecule has 0 spiro atoms. The monoisotopic (exact) mass is 553 g/mol. The van der Waals surface area contributed by atoms with Gasteiger partial charge in [0.15, 0.2) is 5.76 Å². The SMILES string of the molecule is Cc1c(C(=O)NNC(=O)c2ccc([N+](=O)[O-])cc2)oc2c1/C(=N/NC(=O)c1ccccc1Br)CCC2. The van der Waals surface area contributed by atoms with E-state index in [1.807, 2.05) is 0 Å². The summed E-state index contributed by atoms with van der Waals surface area (Å²) in [6.45, 7) is 1.70. The number of hydrogen-bond acceptors (Lipinski definition) is 7. The molecule has 1 aromatic heterocycles. The maximum Gasteiger partial charge on any atom is 0.305 e. The molecule has 0 bridgehead atoms. The van der Waals surface area contributed by atoms with Gasteiger partial charge in [-0.25, -0.2) is 5.43 Å². The minimum absolute atomic E-state index is 0.00994. The van der Waals surface area contributed by atoms with E-state index in [2.05, 4.69) is 37.3 Å². The summed E-state index contributed by atoms with van der Waals surface area (Å²) in [5.74, 6) is -1.12. The molecule has 2 aromatic carbocycles. The third kappa shape index (κ3) is 5.18. The Balaban J connectivity index is 1.46. The first kappa shape index (κ1) is 24.8. The molecule has 12 heteroatoms. The molecule has 3 amide bonds. The number of hydrazone groups is 1. The molecule has 11 nitrogen and oxygen atoms in total. The molecule has 0 radical (unpaired) electrons. The highest BCUT2D eigenvalue weighted by Gasteiger charge is 2.28. The number of hydrazine groups is 1. The highest BCUT2D eigenvalue weighted by atomic mass is 79.9. The number of nitro benzene ring substituents is 1. The van der Waals surface area contributed by atoms with Gasteiger partial charge in [0, 0.05) is 39.7 Å². The number of carbonyl (C=O) groups excluding carboxylic acids is 3. The Morgan fingerprint density at radius 2 is 1.69 bits per heavy atom. The van der Waals surface area contributed by atoms with Gasteiger partial charge < -0.3 is 4.42 Å². The number of nitro groups is 1. The number of aryl methyl sites for hydroxylation is 1. The molecule has 4 rings (SSSR count). The molecule has 0 saturated heterocycles. The van der Waals surface area contributed by atoms with Crippen LogP contribution in [-0.2, 0) is 6.42 Å². The Morgan fingerprint density at radius 3 is 2.39 bits per heavy atom. The van der Waals surface area contributed by atoms with Crippen LogP contribution in [0.1, 0.15) is 61.0 Å². The van der Waals surface area contributed by atoms with Crippen molar-refractivity contribution in [3.05, 3.63) is 96.9 Å². The zero-order valence-electron chi connectivity index (χ0n) is 19.0. The van der Waals surface area contributed by atoms with Gasteiger partial charge in [-0.3, -0.25) is 35.3 Å². The van der Waals surface area contributed by atoms with E-state index in [0.29, 0.717) is 45.5 Å². The minimum atomic E-state index is -0.672. The van der Waals surface area contributed by atoms with Crippen LogP contribution in [0.3, 0.4) is 0 Å². The van der Waals surface area contributed by atoms with E-state index in [4.69, 9.17) is 4.42 Å². The maximum atomic E-state index is 12.7. The summed E-state index contributed by atoms with van der Waals surface area (Å²) in [5, 5.41) is 15.0. The number of fused-ring (bicyclic) bond motifs is 1. The van der Waals surface area contributed by atoms with E-state index in [1.165, 1.54) is 24.3 Å². The number of amides is 3. The average Bonchev–Trinajstić information content (AvgIpc) is 3.23. The lowest BCUT2D eigenvalue weighted by Gasteiger charge is -2.13. The van der Waals surface area contributed by atoms with Gasteiger partial charge in [0.25, 0.3) is 17.5 Å². The molecular weight excluding hydrogens is 534 g/mol. The Hall–Kier alpha value is -4.32. The third-order valence-electron chi connectivity index (χ3n) is 5.57. The zero-order chi connectivity index (χ0) is 25.8. The summed E-state index contributed by atoms with van der Waals surface area (Å²) in [6.07, 6.45) is 1.90. The largest absolute Gasteiger partial charge is 0.455 e. The molecule has 1 aliphatic carbocycles. The molecule has 0 saturated carbocycles. The average molecular weight is 554 g/mol. The first-order chi connectivity index (χ1) is 17.3. The molecule has 1 heterocycles. The number of nitrogens with zero attached hydrogens (tertiary/aromatic N) is 2. The number of rotatable bonds is 5. The van der Waals surface area contributed by atoms with Crippen molar-refractivity contribution in [2.45, 2.75) is 26.2 Å². The molecule has 3 N–H and O–H groups in total. The number of carbonyl (C=O) groups is 3. The lowest BCUT2D eigenvalue weighted by atomic mass is 9.93. The third-order valence-corrected chi connectivity index (χ3v) is 6.26. The maximum absolute atomic E-state index is 12.7. The number of benzene rings is 2. The van der Waals surface area contributed by atoms with Crippen LogP contribution in [0.2, 0.25) is 0 Å². The Bertz CT molecular complexity index is 1400. The van der Waals surface area contributed by atoms with Crippen molar-refractivity contribution in [1.29, 1.82) is 0 Å². The predicted octanol–water partition coefficient (Wildman–Crippen LogP) is 3.80. The van der Waals surface area contributed by atoms with E-state index in [0.717, 1.165) is 6.42 Å². The van der Waals surface area contributed by atoms with Crippen LogP contribution in [0.15, 0.2) is 62.5 Å². The summed E-state index contributed by atoms with van der Waals surface area (Å²) in [5.41, 5.74) is 9.31. The van der Waals surface area contributed by atoms with Gasteiger partial charge in [-0.2, -0.15) is 5.10 Å². The van der Waals surface area contributed by atoms with E-state index in [-0.39, 0.29) is 22.9 Å². The fourth-order valence-electron chi connectivity index (χ4n) is 3.80. The van der Waals surface area contributed by atoms with Gasteiger partial charge >= 0.3 is 5.91 Å². The zero-order valence-corrected chi connectivity index (χ0v) is 20.5. The Morgan fingerprint density at radius 1 is 1.00 bits per heavy atom. The molecule has 36 heavy (non-hydrogen) atoms. The van der Waals surface area contributed by atoms with Gasteiger partial charge in [0.05, 0.1) is 16.2 Å². The summed E-state index contributed by atoms with van der Waals surface area (Å²) in [6, 6.07) is 11.9. The van der Waals surface area contributed by atoms with Crippen LogP contribution in [0.4, 0.5) is 5.69 Å². The van der Waals surface area contributed by atoms with Gasteiger partial charge in [-0.1, -0.05) is 12.1 Å². The van der Waals surface area contributed by atoms with Crippen LogP contribution in [0.25, 0.3) is 0 Å². The second-order valence-corrected chi connectivity index (χ2v) is 8.75. The predicted molar refractivity (Wildman–Crippen MR) is 133 cm³/mol. The molecule has 1 aliphatic rings. The highest BCUT2D eigenvalue weighted by Crippen LogP contribution is 2.30. The highest BCUT2D eigenvalue weighted by molar-refractivity contribution is 9.10. The van der Waals surface area contributed by atoms with Crippen LogP contribution < -0.4 is 16.3 Å². The van der Waals surface area contributed by atoms with Gasteiger partial charge in [-0.15, -0.1) is 0 Å². The smallest absolute Gasteiger partial charge is 0.305 e. The number of non-ortho nitro benzene ring substituents is 1. The van der Waals surface area contributed by atoms with Crippen molar-refractivity contribution in [1.82, 2.24) is 16.3 Å². The summed E-state index contributed by atoms with van der Waals surface area (Å²) in [7, 11) is 0. The topological polar surface area (TPSA) is 156 Å². The van der Waals surface area contributed by atoms with Crippen molar-refractivity contribution >= 4 is 45.1 Å². The lowest BCUT2D eigenvalue weighted by molar-refractivity contribution is -0.384. The van der Waals surface area contributed by atoms with Crippen molar-refractivity contribution < 1.29 is 23.7 Å². The summed E-state index contributed by atoms with van der Waals surface area (Å²) in [4.78, 5) is 47.7. The standard InChI is InChI=1S/C24H20BrN5O6/c1-13-20-18(26-28-23(32)16-5-2-3-6-17(16)25)7-4-8-19(20)36-21(13)24(33)29-27-22(31)14-9-11-15(12-10-14)30(34)35/h2-3,5-6,9-12H,4,7-8H2,1H3,(H,27,31)(H,28,32)(H,29,33)/b26-18+. The van der Waals surface area contributed by atoms with Crippen LogP contribution in [0, 0.1) is 17.0 Å². The Labute approximate surface area is 213 Å². The molecule has 184 valence electrons. The first-order valence-corrected chi connectivity index (χ1v) is 11.6. The van der Waals surface area contributed by atoms with Crippen molar-refractivity contribution in [2.75, 3.05) is 0 Å². The fraction of sp³-hybridized carbons (Fsp3) is 0.167. The summed E-state index contributed by atoms with van der Waals surface area (Å²) >= 11 is 3.34. The van der Waals surface area contributed by atoms with Crippen LogP contribution in [-0.4, -0.2) is 28.4 Å². The fourth-order valence-corrected chi connectivity index (χ4v) is 4.26. The van der Waals surface area contributed by atoms with Gasteiger partial charge in [0.2, 0.25) is 0 Å². The van der Waals surface area contributed by atoms with Crippen LogP contribution >= 0.6 is 15.9 Å². The number of halogens is 1. The molecular formula is C24H20BrN5O6. The van der Waals surface area contributed by atoms with Crippen LogP contribution in [0.5, 0.6) is 0 Å². The van der Waals surface area contributed by atoms with Gasteiger partial charge in [-0.05, 0) is 60.0 Å². The van der Waals surface area contributed by atoms with Crippen molar-refractivity contribution in [3.8, 4) is 0 Å². The molecule has 0 atom stereocenters. The molecule has 0 aliphatic heterocycles. The quantitative estimate of drug-likeness (QED) is 0.322. The van der Waals surface area contributed by atoms with Crippen molar-refractivity contribution in [3.63, 3.8) is 0 Å². The van der Waals surface area contributed by atoms with E-state index in [9.17, 15) is 24.5 Å². The molecule has 0 unspecified atom stereocenters. The Kier molecular flexibility index (Phi) is 7.25. The minimum Gasteiger partial charge on any atom is -0.455 e. The van der Waals surface area contributed by atoms with E-state index < -0.39 is 16.7 Å². The summed E-state index contributed by atoms with van der Waals surface area (Å²) < 4.78 is 6.42. The van der Waals surface area contributed by atoms with Crippen molar-refractivity contribution in [2.24, 2.45) is 5.10 Å². The lowest BCUT2D eigenvalue weighted by Crippen LogP contribution is -2.41. The second kappa shape index (κ2) is 10.5. The van der Waals surface area contributed by atoms with E-state index >= 15 is 0 Å². The van der Waals surface area contributed by atoms with E-state index in [1.54, 1.807) is 31.2 Å². The normalized spacial score (nSPS) is 13.6. The van der Waals surface area contributed by atoms with Gasteiger partial charge in [0.1, 0.15) is 5.76 Å². The number of nitrogens with one attached hydrogen (secondary N) is 3. The second-order valence-electron chi connectivity index (χ2n) is 7.90.